The molecule has 1 aliphatic carbocycles. The maximum atomic E-state index is 15.2. The Balaban J connectivity index is 1.66. The number of carbonyl (C=O) groups is 1. The van der Waals surface area contributed by atoms with Crippen LogP contribution in [0.3, 0.4) is 0 Å². The molecule has 1 aromatic heterocycles. The molecule has 0 unspecified atom stereocenters. The molecule has 35 heavy (non-hydrogen) atoms. The van der Waals surface area contributed by atoms with Gasteiger partial charge in [0.25, 0.3) is 5.91 Å². The number of fused-ring (bicyclic) bond motifs is 5. The van der Waals surface area contributed by atoms with Gasteiger partial charge in [0, 0.05) is 24.4 Å². The van der Waals surface area contributed by atoms with Crippen molar-refractivity contribution >= 4 is 5.91 Å². The Bertz CT molecular complexity index is 1410. The number of nitrogens with zero attached hydrogens (tertiary/aromatic N) is 3. The molecular weight excluding hydrogens is 449 g/mol. The Hall–Kier alpha value is -4.07. The highest BCUT2D eigenvalue weighted by Gasteiger charge is 2.39. The predicted molar refractivity (Wildman–Crippen MR) is 128 cm³/mol. The topological polar surface area (TPSA) is 75.0 Å². The summed E-state index contributed by atoms with van der Waals surface area (Å²) in [6.07, 6.45) is 7.15. The number of para-hydroxylation sites is 1. The maximum Gasteiger partial charge on any atom is 0.278 e. The fourth-order valence-corrected chi connectivity index (χ4v) is 5.04. The highest BCUT2D eigenvalue weighted by atomic mass is 19.1. The molecular formula is C27H24FN3O4. The van der Waals surface area contributed by atoms with Gasteiger partial charge < -0.3 is 14.7 Å². The first-order valence-electron chi connectivity index (χ1n) is 11.7. The van der Waals surface area contributed by atoms with Gasteiger partial charge in [-0.3, -0.25) is 19.3 Å². The quantitative estimate of drug-likeness (QED) is 0.575. The summed E-state index contributed by atoms with van der Waals surface area (Å²) in [5.74, 6) is -0.971. The van der Waals surface area contributed by atoms with Crippen LogP contribution in [0, 0.1) is 5.82 Å². The molecule has 3 aliphatic rings. The molecule has 1 N–H and O–H groups in total. The zero-order valence-electron chi connectivity index (χ0n) is 18.9. The summed E-state index contributed by atoms with van der Waals surface area (Å²) in [7, 11) is 0. The van der Waals surface area contributed by atoms with E-state index in [9.17, 15) is 14.7 Å². The van der Waals surface area contributed by atoms with Crippen molar-refractivity contribution in [2.75, 3.05) is 24.8 Å². The third kappa shape index (κ3) is 3.56. The highest BCUT2D eigenvalue weighted by Crippen LogP contribution is 2.46. The van der Waals surface area contributed by atoms with Crippen molar-refractivity contribution in [3.63, 3.8) is 0 Å². The number of rotatable bonds is 2. The van der Waals surface area contributed by atoms with Gasteiger partial charge in [-0.05, 0) is 42.0 Å². The number of ether oxygens (including phenoxy) is 1. The van der Waals surface area contributed by atoms with Crippen LogP contribution in [0.4, 0.5) is 4.39 Å². The van der Waals surface area contributed by atoms with Crippen molar-refractivity contribution in [1.29, 1.82) is 0 Å². The van der Waals surface area contributed by atoms with Crippen molar-refractivity contribution < 1.29 is 19.0 Å². The molecule has 8 heteroatoms. The number of pyridine rings is 1. The first-order chi connectivity index (χ1) is 17.0. The van der Waals surface area contributed by atoms with Gasteiger partial charge in [-0.1, -0.05) is 42.5 Å². The van der Waals surface area contributed by atoms with E-state index in [-0.39, 0.29) is 31.3 Å². The fourth-order valence-electron chi connectivity index (χ4n) is 5.04. The minimum atomic E-state index is -0.629. The second-order valence-electron chi connectivity index (χ2n) is 9.08. The molecule has 0 spiro atoms. The lowest BCUT2D eigenvalue weighted by molar-refractivity contribution is 0.0701. The molecule has 0 saturated heterocycles. The van der Waals surface area contributed by atoms with Crippen LogP contribution in [-0.4, -0.2) is 40.4 Å². The SMILES string of the molecule is O=C1c2c(O)c(=O)ccn2N2CN1C/C=C/COc1c(F)cccc1[C@H]2c1ccccc1C1CC1. The summed E-state index contributed by atoms with van der Waals surface area (Å²) in [6, 6.07) is 13.6. The van der Waals surface area contributed by atoms with Crippen molar-refractivity contribution in [2.45, 2.75) is 24.8 Å². The minimum absolute atomic E-state index is 0.107. The van der Waals surface area contributed by atoms with E-state index >= 15 is 4.39 Å². The van der Waals surface area contributed by atoms with Crippen molar-refractivity contribution in [1.82, 2.24) is 9.58 Å². The monoisotopic (exact) mass is 473 g/mol. The van der Waals surface area contributed by atoms with Gasteiger partial charge in [0.15, 0.2) is 23.0 Å². The summed E-state index contributed by atoms with van der Waals surface area (Å²) < 4.78 is 22.6. The van der Waals surface area contributed by atoms with Crippen molar-refractivity contribution in [3.8, 4) is 11.5 Å². The van der Waals surface area contributed by atoms with E-state index in [2.05, 4.69) is 6.07 Å². The predicted octanol–water partition coefficient (Wildman–Crippen LogP) is 3.66. The van der Waals surface area contributed by atoms with E-state index in [1.807, 2.05) is 29.3 Å². The number of benzene rings is 2. The summed E-state index contributed by atoms with van der Waals surface area (Å²) in [5.41, 5.74) is 2.00. The lowest BCUT2D eigenvalue weighted by atomic mass is 9.91. The minimum Gasteiger partial charge on any atom is -0.502 e. The molecule has 2 bridgehead atoms. The third-order valence-electron chi connectivity index (χ3n) is 6.85. The van der Waals surface area contributed by atoms with Crippen molar-refractivity contribution in [3.05, 3.63) is 105 Å². The second kappa shape index (κ2) is 8.30. The van der Waals surface area contributed by atoms with Crippen LogP contribution in [0.15, 0.2) is 71.7 Å². The van der Waals surface area contributed by atoms with Crippen LogP contribution >= 0.6 is 0 Å². The molecule has 178 valence electrons. The Kier molecular flexibility index (Phi) is 5.09. The number of hydrogen-bond donors (Lipinski definition) is 1. The average Bonchev–Trinajstić information content (AvgIpc) is 3.70. The van der Waals surface area contributed by atoms with Crippen LogP contribution in [-0.2, 0) is 0 Å². The van der Waals surface area contributed by atoms with Crippen LogP contribution in [0.1, 0.15) is 52.0 Å². The van der Waals surface area contributed by atoms with E-state index in [4.69, 9.17) is 4.74 Å². The first-order valence-corrected chi connectivity index (χ1v) is 11.7. The molecule has 1 saturated carbocycles. The van der Waals surface area contributed by atoms with Crippen LogP contribution < -0.4 is 15.2 Å². The van der Waals surface area contributed by atoms with Crippen LogP contribution in [0.5, 0.6) is 11.5 Å². The number of amides is 1. The van der Waals surface area contributed by atoms with Crippen molar-refractivity contribution in [2.24, 2.45) is 0 Å². The van der Waals surface area contributed by atoms with Gasteiger partial charge in [-0.25, -0.2) is 4.39 Å². The Morgan fingerprint density at radius 2 is 1.71 bits per heavy atom. The van der Waals surface area contributed by atoms with Gasteiger partial charge in [0.1, 0.15) is 19.3 Å². The highest BCUT2D eigenvalue weighted by molar-refractivity contribution is 5.96. The lowest BCUT2D eigenvalue weighted by Gasteiger charge is -2.44. The van der Waals surface area contributed by atoms with Gasteiger partial charge >= 0.3 is 0 Å². The summed E-state index contributed by atoms with van der Waals surface area (Å²) >= 11 is 0. The molecule has 2 aromatic carbocycles. The Morgan fingerprint density at radius 1 is 0.943 bits per heavy atom. The van der Waals surface area contributed by atoms with Crippen LogP contribution in [0.25, 0.3) is 0 Å². The molecule has 1 atom stereocenters. The Morgan fingerprint density at radius 3 is 2.51 bits per heavy atom. The summed E-state index contributed by atoms with van der Waals surface area (Å²) in [6.45, 7) is 0.554. The number of aromatic nitrogens is 1. The molecule has 6 rings (SSSR count). The van der Waals surface area contributed by atoms with Gasteiger partial charge in [0.2, 0.25) is 5.43 Å². The maximum absolute atomic E-state index is 15.2. The molecule has 3 heterocycles. The van der Waals surface area contributed by atoms with E-state index < -0.39 is 28.9 Å². The van der Waals surface area contributed by atoms with Gasteiger partial charge in [0.05, 0.1) is 0 Å². The first kappa shape index (κ1) is 21.5. The second-order valence-corrected chi connectivity index (χ2v) is 9.08. The summed E-state index contributed by atoms with van der Waals surface area (Å²) in [4.78, 5) is 27.2. The largest absolute Gasteiger partial charge is 0.502 e. The van der Waals surface area contributed by atoms with E-state index in [1.165, 1.54) is 23.0 Å². The Labute approximate surface area is 201 Å². The molecule has 7 nitrogen and oxygen atoms in total. The van der Waals surface area contributed by atoms with Gasteiger partial charge in [-0.2, -0.15) is 0 Å². The number of halogens is 1. The zero-order valence-corrected chi connectivity index (χ0v) is 18.9. The molecule has 1 fully saturated rings. The zero-order chi connectivity index (χ0) is 24.1. The van der Waals surface area contributed by atoms with Gasteiger partial charge in [-0.15, -0.1) is 0 Å². The van der Waals surface area contributed by atoms with E-state index in [0.29, 0.717) is 11.5 Å². The normalized spacial score (nSPS) is 20.4. The standard InChI is InChI=1S/C27H24FN3O4/c28-21-9-5-8-20-23(19-7-2-1-6-18(19)17-10-11-17)31-16-29(13-3-4-15-35-26(20)21)27(34)24-25(33)22(32)12-14-30(24)31/h1-9,12,14,17,23,33H,10-11,13,15-16H2/b4-3+/t23-/m1/s1. The smallest absolute Gasteiger partial charge is 0.278 e. The molecule has 1 amide bonds. The number of hydrogen-bond acceptors (Lipinski definition) is 5. The fraction of sp³-hybridized carbons (Fsp3) is 0.259. The van der Waals surface area contributed by atoms with E-state index in [0.717, 1.165) is 24.0 Å². The average molecular weight is 474 g/mol. The molecule has 3 aromatic rings. The summed E-state index contributed by atoms with van der Waals surface area (Å²) in [5, 5.41) is 12.5. The van der Waals surface area contributed by atoms with E-state index in [1.54, 1.807) is 23.1 Å². The third-order valence-corrected chi connectivity index (χ3v) is 6.85. The lowest BCUT2D eigenvalue weighted by Crippen LogP contribution is -2.55. The number of carbonyl (C=O) groups excluding carboxylic acids is 1. The van der Waals surface area contributed by atoms with Crippen LogP contribution in [0.2, 0.25) is 0 Å². The number of aromatic hydroxyl groups is 1. The molecule has 0 radical (unpaired) electrons. The molecule has 2 aliphatic heterocycles.